The molecule has 1 atom stereocenters. The van der Waals surface area contributed by atoms with Gasteiger partial charge in [-0.3, -0.25) is 0 Å². The number of aliphatic hydroxyl groups is 1. The van der Waals surface area contributed by atoms with Gasteiger partial charge < -0.3 is 19.3 Å². The molecule has 0 saturated carbocycles. The third-order valence-electron chi connectivity index (χ3n) is 1.35. The number of hydrogen-bond acceptors (Lipinski definition) is 4. The summed E-state index contributed by atoms with van der Waals surface area (Å²) in [5, 5.41) is 8.98. The summed E-state index contributed by atoms with van der Waals surface area (Å²) in [5.74, 6) is -2.05. The first-order valence-electron chi connectivity index (χ1n) is 3.36. The minimum Gasteiger partial charge on any atom is -0.364 e. The number of aliphatic hydroxyl groups excluding tert-OH is 1. The van der Waals surface area contributed by atoms with Crippen LogP contribution in [0.5, 0.6) is 0 Å². The van der Waals surface area contributed by atoms with Gasteiger partial charge in [0.15, 0.2) is 20.6 Å². The smallest absolute Gasteiger partial charge is 0.222 e. The van der Waals surface area contributed by atoms with Crippen LogP contribution in [0.25, 0.3) is 0 Å². The second kappa shape index (κ2) is 6.14. The highest BCUT2D eigenvalue weighted by atomic mass is 19.1. The topological polar surface area (TPSA) is 47.9 Å². The van der Waals surface area contributed by atoms with E-state index in [0.717, 1.165) is 6.92 Å². The molecule has 0 aromatic carbocycles. The first-order chi connectivity index (χ1) is 6.10. The average Bonchev–Trinajstić information content (AvgIpc) is 2.05. The van der Waals surface area contributed by atoms with Crippen molar-refractivity contribution in [2.45, 2.75) is 19.0 Å². The Bertz CT molecular complexity index is 129. The molecule has 0 aliphatic heterocycles. The Morgan fingerprint density at radius 3 is 1.92 bits per heavy atom. The maximum absolute atomic E-state index is 11.7. The lowest BCUT2D eigenvalue weighted by Gasteiger charge is -2.30. The summed E-state index contributed by atoms with van der Waals surface area (Å²) >= 11 is 0. The fourth-order valence-corrected chi connectivity index (χ4v) is 0.612. The molecule has 0 bridgehead atoms. The van der Waals surface area contributed by atoms with Gasteiger partial charge >= 0.3 is 0 Å². The first kappa shape index (κ1) is 12.6. The Balaban J connectivity index is 4.18. The summed E-state index contributed by atoms with van der Waals surface area (Å²) in [6, 6.07) is 0. The molecule has 13 heavy (non-hydrogen) atoms. The first-order valence-corrected chi connectivity index (χ1v) is 3.36. The van der Waals surface area contributed by atoms with E-state index in [1.807, 2.05) is 0 Å². The monoisotopic (exact) mass is 204 g/mol. The number of alkyl halides is 3. The zero-order valence-corrected chi connectivity index (χ0v) is 7.00. The van der Waals surface area contributed by atoms with E-state index < -0.39 is 32.7 Å². The molecule has 0 radical (unpaired) electrons. The minimum absolute atomic E-state index is 1.02. The molecule has 0 rings (SSSR count). The lowest BCUT2D eigenvalue weighted by molar-refractivity contribution is -0.354. The van der Waals surface area contributed by atoms with Gasteiger partial charge in [-0.05, 0) is 6.92 Å². The maximum Gasteiger partial charge on any atom is 0.222 e. The molecule has 0 fully saturated rings. The zero-order valence-electron chi connectivity index (χ0n) is 7.00. The van der Waals surface area contributed by atoms with Crippen molar-refractivity contribution >= 4 is 0 Å². The van der Waals surface area contributed by atoms with E-state index in [1.165, 1.54) is 0 Å². The van der Waals surface area contributed by atoms with Crippen molar-refractivity contribution in [3.8, 4) is 0 Å². The van der Waals surface area contributed by atoms with Crippen molar-refractivity contribution in [1.82, 2.24) is 0 Å². The van der Waals surface area contributed by atoms with Crippen LogP contribution in [0.3, 0.4) is 0 Å². The standard InChI is InChI=1S/C6H11F3O4/c1-6(12-3-8,13-4-9)5(10)11-2-7/h5,10H,2-4H2,1H3. The summed E-state index contributed by atoms with van der Waals surface area (Å²) in [6.07, 6.45) is -1.90. The van der Waals surface area contributed by atoms with E-state index >= 15 is 0 Å². The van der Waals surface area contributed by atoms with Gasteiger partial charge in [0.2, 0.25) is 12.1 Å². The van der Waals surface area contributed by atoms with E-state index in [9.17, 15) is 13.2 Å². The van der Waals surface area contributed by atoms with E-state index in [0.29, 0.717) is 0 Å². The molecule has 1 N–H and O–H groups in total. The van der Waals surface area contributed by atoms with Gasteiger partial charge in [-0.15, -0.1) is 0 Å². The molecule has 0 saturated heterocycles. The largest absolute Gasteiger partial charge is 0.364 e. The van der Waals surface area contributed by atoms with Crippen LogP contribution in [-0.4, -0.2) is 37.8 Å². The predicted octanol–water partition coefficient (Wildman–Crippen LogP) is 0.852. The van der Waals surface area contributed by atoms with Gasteiger partial charge in [-0.2, -0.15) is 0 Å². The fraction of sp³-hybridized carbons (Fsp3) is 1.00. The lowest BCUT2D eigenvalue weighted by Crippen LogP contribution is -2.46. The van der Waals surface area contributed by atoms with Gasteiger partial charge in [-0.25, -0.2) is 13.2 Å². The summed E-state index contributed by atoms with van der Waals surface area (Å²) in [6.45, 7) is -2.93. The molecular formula is C6H11F3O4. The van der Waals surface area contributed by atoms with E-state index in [-0.39, 0.29) is 0 Å². The highest BCUT2D eigenvalue weighted by Crippen LogP contribution is 2.19. The lowest BCUT2D eigenvalue weighted by atomic mass is 10.3. The van der Waals surface area contributed by atoms with Gasteiger partial charge in [0.05, 0.1) is 0 Å². The molecule has 0 heterocycles. The van der Waals surface area contributed by atoms with Gasteiger partial charge in [0.25, 0.3) is 0 Å². The molecule has 80 valence electrons. The molecule has 4 nitrogen and oxygen atoms in total. The van der Waals surface area contributed by atoms with Crippen LogP contribution in [0.2, 0.25) is 0 Å². The quantitative estimate of drug-likeness (QED) is 0.624. The Hall–Kier alpha value is -0.370. The third kappa shape index (κ3) is 3.90. The van der Waals surface area contributed by atoms with Crippen LogP contribution in [0.1, 0.15) is 6.92 Å². The van der Waals surface area contributed by atoms with Crippen molar-refractivity contribution < 1.29 is 32.5 Å². The number of ether oxygens (including phenoxy) is 3. The highest BCUT2D eigenvalue weighted by molar-refractivity contribution is 4.65. The Morgan fingerprint density at radius 1 is 1.15 bits per heavy atom. The third-order valence-corrected chi connectivity index (χ3v) is 1.35. The normalized spacial score (nSPS) is 14.5. The molecule has 0 amide bonds. The van der Waals surface area contributed by atoms with E-state index in [2.05, 4.69) is 14.2 Å². The van der Waals surface area contributed by atoms with Crippen LogP contribution in [0.4, 0.5) is 13.2 Å². The molecule has 0 aromatic rings. The molecule has 0 aliphatic carbocycles. The van der Waals surface area contributed by atoms with Gasteiger partial charge in [0.1, 0.15) is 0 Å². The van der Waals surface area contributed by atoms with Gasteiger partial charge in [0, 0.05) is 0 Å². The number of hydrogen-bond donors (Lipinski definition) is 1. The number of rotatable bonds is 7. The summed E-state index contributed by atoms with van der Waals surface area (Å²) in [4.78, 5) is 0. The van der Waals surface area contributed by atoms with Crippen LogP contribution < -0.4 is 0 Å². The summed E-state index contributed by atoms with van der Waals surface area (Å²) < 4.78 is 47.5. The second-order valence-corrected chi connectivity index (χ2v) is 2.15. The SMILES string of the molecule is CC(OCF)(OCF)C(O)OCF. The van der Waals surface area contributed by atoms with Crippen LogP contribution in [0.15, 0.2) is 0 Å². The summed E-state index contributed by atoms with van der Waals surface area (Å²) in [7, 11) is 0. The fourth-order valence-electron chi connectivity index (χ4n) is 0.612. The van der Waals surface area contributed by atoms with Crippen LogP contribution in [-0.2, 0) is 14.2 Å². The van der Waals surface area contributed by atoms with Crippen molar-refractivity contribution in [2.24, 2.45) is 0 Å². The van der Waals surface area contributed by atoms with E-state index in [1.54, 1.807) is 0 Å². The van der Waals surface area contributed by atoms with Crippen molar-refractivity contribution in [3.63, 3.8) is 0 Å². The molecule has 0 aromatic heterocycles. The Labute approximate surface area is 73.2 Å². The van der Waals surface area contributed by atoms with Crippen LogP contribution >= 0.6 is 0 Å². The molecule has 0 aliphatic rings. The molecule has 0 spiro atoms. The van der Waals surface area contributed by atoms with E-state index in [4.69, 9.17) is 5.11 Å². The average molecular weight is 204 g/mol. The van der Waals surface area contributed by atoms with Crippen LogP contribution in [0, 0.1) is 0 Å². The Morgan fingerprint density at radius 2 is 1.62 bits per heavy atom. The number of halogens is 3. The maximum atomic E-state index is 11.7. The minimum atomic E-state index is -2.05. The van der Waals surface area contributed by atoms with Crippen molar-refractivity contribution in [2.75, 3.05) is 20.6 Å². The molecule has 7 heteroatoms. The zero-order chi connectivity index (χ0) is 10.3. The Kier molecular flexibility index (Phi) is 5.97. The highest BCUT2D eigenvalue weighted by Gasteiger charge is 2.36. The van der Waals surface area contributed by atoms with Crippen molar-refractivity contribution in [1.29, 1.82) is 0 Å². The molecule has 1 unspecified atom stereocenters. The van der Waals surface area contributed by atoms with Gasteiger partial charge in [-0.1, -0.05) is 0 Å². The predicted molar refractivity (Wildman–Crippen MR) is 35.6 cm³/mol. The second-order valence-electron chi connectivity index (χ2n) is 2.15. The van der Waals surface area contributed by atoms with Crippen molar-refractivity contribution in [3.05, 3.63) is 0 Å². The summed E-state index contributed by atoms with van der Waals surface area (Å²) in [5.41, 5.74) is 0. The molecular weight excluding hydrogens is 193 g/mol.